The van der Waals surface area contributed by atoms with Gasteiger partial charge in [0.25, 0.3) is 0 Å². The second kappa shape index (κ2) is 7.14. The second-order valence-electron chi connectivity index (χ2n) is 6.55. The molecule has 1 amide bonds. The predicted molar refractivity (Wildman–Crippen MR) is 91.4 cm³/mol. The van der Waals surface area contributed by atoms with Crippen LogP contribution in [0.2, 0.25) is 0 Å². The third-order valence-electron chi connectivity index (χ3n) is 4.76. The fraction of sp³-hybridized carbons (Fsp3) is 0.444. The summed E-state index contributed by atoms with van der Waals surface area (Å²) in [6, 6.07) is 7.76. The van der Waals surface area contributed by atoms with Gasteiger partial charge < -0.3 is 14.8 Å². The van der Waals surface area contributed by atoms with Gasteiger partial charge in [-0.15, -0.1) is 0 Å². The highest BCUT2D eigenvalue weighted by atomic mass is 16.7. The van der Waals surface area contributed by atoms with Gasteiger partial charge in [0.1, 0.15) is 0 Å². The molecular weight excluding hydrogens is 320 g/mol. The number of H-pyrrole nitrogens is 1. The molecule has 0 radical (unpaired) electrons. The summed E-state index contributed by atoms with van der Waals surface area (Å²) in [6.45, 7) is 3.03. The number of hydrogen-bond donors (Lipinski definition) is 2. The summed E-state index contributed by atoms with van der Waals surface area (Å²) < 4.78 is 10.7. The fourth-order valence-corrected chi connectivity index (χ4v) is 3.46. The van der Waals surface area contributed by atoms with Crippen molar-refractivity contribution in [2.45, 2.75) is 25.3 Å². The normalized spacial score (nSPS) is 19.8. The first kappa shape index (κ1) is 16.0. The fourth-order valence-electron chi connectivity index (χ4n) is 3.46. The molecule has 1 saturated heterocycles. The number of carbonyl (C=O) groups excluding carboxylic acids is 1. The molecule has 1 atom stereocenters. The van der Waals surface area contributed by atoms with E-state index in [1.54, 1.807) is 6.20 Å². The Balaban J connectivity index is 1.27. The molecule has 4 rings (SSSR count). The van der Waals surface area contributed by atoms with Gasteiger partial charge in [-0.2, -0.15) is 5.10 Å². The van der Waals surface area contributed by atoms with Gasteiger partial charge >= 0.3 is 0 Å². The highest BCUT2D eigenvalue weighted by molar-refractivity contribution is 5.78. The lowest BCUT2D eigenvalue weighted by atomic mass is 9.95. The van der Waals surface area contributed by atoms with E-state index in [0.717, 1.165) is 48.7 Å². The molecule has 0 unspecified atom stereocenters. The predicted octanol–water partition coefficient (Wildman–Crippen LogP) is 1.63. The van der Waals surface area contributed by atoms with Crippen LogP contribution in [0.15, 0.2) is 30.5 Å². The molecular formula is C18H22N4O3. The number of nitrogens with one attached hydrogen (secondary N) is 2. The Hall–Kier alpha value is -2.54. The third-order valence-corrected chi connectivity index (χ3v) is 4.76. The van der Waals surface area contributed by atoms with Crippen LogP contribution in [0.3, 0.4) is 0 Å². The average Bonchev–Trinajstić information content (AvgIpc) is 3.31. The highest BCUT2D eigenvalue weighted by Crippen LogP contribution is 2.32. The molecule has 0 bridgehead atoms. The van der Waals surface area contributed by atoms with Crippen LogP contribution >= 0.6 is 0 Å². The minimum absolute atomic E-state index is 0.0444. The number of piperidine rings is 1. The van der Waals surface area contributed by atoms with Crippen LogP contribution in [0.4, 0.5) is 0 Å². The number of benzene rings is 1. The number of ether oxygens (including phenoxy) is 2. The third kappa shape index (κ3) is 3.76. The van der Waals surface area contributed by atoms with Crippen LogP contribution < -0.4 is 14.8 Å². The molecule has 2 aromatic rings. The molecule has 0 spiro atoms. The zero-order chi connectivity index (χ0) is 17.1. The monoisotopic (exact) mass is 342 g/mol. The first-order chi connectivity index (χ1) is 12.3. The average molecular weight is 342 g/mol. The number of likely N-dealkylation sites (tertiary alicyclic amines) is 1. The van der Waals surface area contributed by atoms with Crippen molar-refractivity contribution in [2.24, 2.45) is 0 Å². The van der Waals surface area contributed by atoms with Crippen molar-refractivity contribution in [1.82, 2.24) is 20.4 Å². The lowest BCUT2D eigenvalue weighted by Gasteiger charge is -2.31. The minimum Gasteiger partial charge on any atom is -0.454 e. The van der Waals surface area contributed by atoms with E-state index in [1.165, 1.54) is 0 Å². The minimum atomic E-state index is 0.0444. The number of amides is 1. The van der Waals surface area contributed by atoms with Crippen molar-refractivity contribution < 1.29 is 14.3 Å². The molecule has 1 fully saturated rings. The lowest BCUT2D eigenvalue weighted by Crippen LogP contribution is -2.41. The first-order valence-electron chi connectivity index (χ1n) is 8.65. The molecule has 7 heteroatoms. The summed E-state index contributed by atoms with van der Waals surface area (Å²) in [5, 5.41) is 10.1. The number of carbonyl (C=O) groups is 1. The Morgan fingerprint density at radius 3 is 3.12 bits per heavy atom. The molecule has 2 N–H and O–H groups in total. The van der Waals surface area contributed by atoms with Gasteiger partial charge in [0.15, 0.2) is 11.5 Å². The topological polar surface area (TPSA) is 79.5 Å². The quantitative estimate of drug-likeness (QED) is 0.863. The zero-order valence-corrected chi connectivity index (χ0v) is 14.0. The zero-order valence-electron chi connectivity index (χ0n) is 14.0. The second-order valence-corrected chi connectivity index (χ2v) is 6.55. The molecule has 25 heavy (non-hydrogen) atoms. The summed E-state index contributed by atoms with van der Waals surface area (Å²) in [4.78, 5) is 14.5. The van der Waals surface area contributed by atoms with E-state index in [2.05, 4.69) is 20.4 Å². The number of aromatic amines is 1. The van der Waals surface area contributed by atoms with Crippen LogP contribution in [0.25, 0.3) is 0 Å². The maximum atomic E-state index is 12.3. The van der Waals surface area contributed by atoms with Crippen LogP contribution in [0, 0.1) is 0 Å². The van der Waals surface area contributed by atoms with E-state index in [0.29, 0.717) is 19.0 Å². The van der Waals surface area contributed by atoms with Crippen LogP contribution in [-0.4, -0.2) is 47.4 Å². The Kier molecular flexibility index (Phi) is 4.56. The van der Waals surface area contributed by atoms with E-state index in [4.69, 9.17) is 9.47 Å². The maximum absolute atomic E-state index is 12.3. The van der Waals surface area contributed by atoms with Crippen molar-refractivity contribution in [1.29, 1.82) is 0 Å². The number of hydrogen-bond acceptors (Lipinski definition) is 5. The van der Waals surface area contributed by atoms with Crippen molar-refractivity contribution >= 4 is 5.91 Å². The van der Waals surface area contributed by atoms with Gasteiger partial charge in [0.05, 0.1) is 6.54 Å². The van der Waals surface area contributed by atoms with Gasteiger partial charge in [-0.25, -0.2) is 0 Å². The standard InChI is InChI=1S/C18H22N4O3/c23-18(19-9-13-3-4-16-17(8-13)25-12-24-16)11-22-7-1-2-14(10-22)15-5-6-20-21-15/h3-6,8,14H,1-2,7,9-12H2,(H,19,23)(H,20,21)/t14-/m0/s1. The molecule has 2 aliphatic heterocycles. The summed E-state index contributed by atoms with van der Waals surface area (Å²) >= 11 is 0. The van der Waals surface area contributed by atoms with Crippen LogP contribution in [0.1, 0.15) is 30.0 Å². The van der Waals surface area contributed by atoms with E-state index in [9.17, 15) is 4.79 Å². The Bertz CT molecular complexity index is 732. The molecule has 0 aliphatic carbocycles. The van der Waals surface area contributed by atoms with Gasteiger partial charge in [0.2, 0.25) is 12.7 Å². The molecule has 1 aromatic heterocycles. The Labute approximate surface area is 146 Å². The Morgan fingerprint density at radius 1 is 1.32 bits per heavy atom. The van der Waals surface area contributed by atoms with Crippen molar-refractivity contribution in [3.05, 3.63) is 41.7 Å². The first-order valence-corrected chi connectivity index (χ1v) is 8.65. The lowest BCUT2D eigenvalue weighted by molar-refractivity contribution is -0.122. The van der Waals surface area contributed by atoms with Gasteiger partial charge in [-0.1, -0.05) is 6.07 Å². The summed E-state index contributed by atoms with van der Waals surface area (Å²) in [5.41, 5.74) is 2.16. The number of fused-ring (bicyclic) bond motifs is 1. The maximum Gasteiger partial charge on any atom is 0.234 e. The Morgan fingerprint density at radius 2 is 2.24 bits per heavy atom. The van der Waals surface area contributed by atoms with Crippen LogP contribution in [0.5, 0.6) is 11.5 Å². The van der Waals surface area contributed by atoms with Gasteiger partial charge in [0, 0.05) is 30.9 Å². The number of nitrogens with zero attached hydrogens (tertiary/aromatic N) is 2. The number of rotatable bonds is 5. The molecule has 2 aliphatic rings. The summed E-state index contributed by atoms with van der Waals surface area (Å²) in [6.07, 6.45) is 4.02. The van der Waals surface area contributed by atoms with Crippen molar-refractivity contribution in [3.8, 4) is 11.5 Å². The largest absolute Gasteiger partial charge is 0.454 e. The summed E-state index contributed by atoms with van der Waals surface area (Å²) in [5.74, 6) is 1.97. The van der Waals surface area contributed by atoms with E-state index in [-0.39, 0.29) is 12.7 Å². The summed E-state index contributed by atoms with van der Waals surface area (Å²) in [7, 11) is 0. The van der Waals surface area contributed by atoms with Gasteiger partial charge in [-0.05, 0) is 43.1 Å². The molecule has 3 heterocycles. The molecule has 0 saturated carbocycles. The van der Waals surface area contributed by atoms with E-state index < -0.39 is 0 Å². The van der Waals surface area contributed by atoms with Crippen molar-refractivity contribution in [3.63, 3.8) is 0 Å². The SMILES string of the molecule is O=C(CN1CCC[C@H](c2ccn[nH]2)C1)NCc1ccc2c(c1)OCO2. The highest BCUT2D eigenvalue weighted by Gasteiger charge is 2.23. The van der Waals surface area contributed by atoms with Gasteiger partial charge in [-0.3, -0.25) is 14.8 Å². The van der Waals surface area contributed by atoms with Crippen molar-refractivity contribution in [2.75, 3.05) is 26.4 Å². The molecule has 7 nitrogen and oxygen atoms in total. The smallest absolute Gasteiger partial charge is 0.234 e. The molecule has 132 valence electrons. The van der Waals surface area contributed by atoms with Crippen LogP contribution in [-0.2, 0) is 11.3 Å². The number of aromatic nitrogens is 2. The molecule has 1 aromatic carbocycles. The van der Waals surface area contributed by atoms with E-state index >= 15 is 0 Å². The van der Waals surface area contributed by atoms with E-state index in [1.807, 2.05) is 24.3 Å².